The van der Waals surface area contributed by atoms with Crippen molar-refractivity contribution in [3.05, 3.63) is 57.8 Å². The van der Waals surface area contributed by atoms with Gasteiger partial charge in [-0.1, -0.05) is 29.3 Å². The fourth-order valence-electron chi connectivity index (χ4n) is 1.91. The highest BCUT2D eigenvalue weighted by molar-refractivity contribution is 6.31. The second kappa shape index (κ2) is 6.24. The van der Waals surface area contributed by atoms with E-state index in [4.69, 9.17) is 33.7 Å². The molecule has 0 aliphatic heterocycles. The smallest absolute Gasteiger partial charge is 0.125 e. The van der Waals surface area contributed by atoms with Gasteiger partial charge in [0, 0.05) is 29.0 Å². The molecule has 0 fully saturated rings. The van der Waals surface area contributed by atoms with Gasteiger partial charge in [-0.15, -0.1) is 0 Å². The van der Waals surface area contributed by atoms with Gasteiger partial charge in [0.25, 0.3) is 0 Å². The molecule has 2 rings (SSSR count). The lowest BCUT2D eigenvalue weighted by Gasteiger charge is -2.16. The molecule has 100 valence electrons. The predicted octanol–water partition coefficient (Wildman–Crippen LogP) is 3.64. The molecule has 0 aliphatic rings. The van der Waals surface area contributed by atoms with E-state index in [1.165, 1.54) is 0 Å². The Bertz CT molecular complexity index is 575. The zero-order valence-electron chi connectivity index (χ0n) is 10.4. The number of hydrogen-bond donors (Lipinski definition) is 1. The van der Waals surface area contributed by atoms with Gasteiger partial charge in [-0.3, -0.25) is 4.98 Å². The molecule has 1 aromatic carbocycles. The third kappa shape index (κ3) is 3.38. The minimum atomic E-state index is -0.216. The summed E-state index contributed by atoms with van der Waals surface area (Å²) in [6.07, 6.45) is 3.93. The summed E-state index contributed by atoms with van der Waals surface area (Å²) in [6.45, 7) is 0. The molecule has 0 amide bonds. The van der Waals surface area contributed by atoms with Crippen molar-refractivity contribution in [1.29, 1.82) is 0 Å². The van der Waals surface area contributed by atoms with Crippen LogP contribution in [0.25, 0.3) is 0 Å². The summed E-state index contributed by atoms with van der Waals surface area (Å²) in [4.78, 5) is 3.96. The number of nitrogens with zero attached hydrogens (tertiary/aromatic N) is 1. The molecule has 3 nitrogen and oxygen atoms in total. The molecule has 0 saturated carbocycles. The summed E-state index contributed by atoms with van der Waals surface area (Å²) in [6, 6.07) is 7.08. The van der Waals surface area contributed by atoms with Gasteiger partial charge in [0.2, 0.25) is 0 Å². The van der Waals surface area contributed by atoms with Gasteiger partial charge >= 0.3 is 0 Å². The molecular weight excluding hydrogens is 283 g/mol. The molecule has 2 N–H and O–H groups in total. The van der Waals surface area contributed by atoms with Crippen LogP contribution in [-0.4, -0.2) is 12.1 Å². The van der Waals surface area contributed by atoms with Crippen LogP contribution in [0.5, 0.6) is 5.75 Å². The SMILES string of the molecule is COc1cc(Cl)ccc1C(N)Cc1ccncc1Cl. The number of nitrogens with two attached hydrogens (primary N) is 1. The number of ether oxygens (including phenoxy) is 1. The normalized spacial score (nSPS) is 12.2. The molecule has 1 aromatic heterocycles. The van der Waals surface area contributed by atoms with Crippen LogP contribution in [0, 0.1) is 0 Å². The second-order valence-electron chi connectivity index (χ2n) is 4.16. The molecule has 1 heterocycles. The average molecular weight is 297 g/mol. The lowest BCUT2D eigenvalue weighted by molar-refractivity contribution is 0.405. The molecule has 1 unspecified atom stereocenters. The lowest BCUT2D eigenvalue weighted by atomic mass is 9.99. The minimum Gasteiger partial charge on any atom is -0.496 e. The Labute approximate surface area is 122 Å². The van der Waals surface area contributed by atoms with Crippen molar-refractivity contribution in [2.45, 2.75) is 12.5 Å². The van der Waals surface area contributed by atoms with Crippen LogP contribution in [0.15, 0.2) is 36.7 Å². The zero-order chi connectivity index (χ0) is 13.8. The number of aromatic nitrogens is 1. The number of benzene rings is 1. The van der Waals surface area contributed by atoms with E-state index in [9.17, 15) is 0 Å². The number of hydrogen-bond acceptors (Lipinski definition) is 3. The molecule has 0 bridgehead atoms. The van der Waals surface area contributed by atoms with E-state index >= 15 is 0 Å². The first-order chi connectivity index (χ1) is 9.11. The average Bonchev–Trinajstić information content (AvgIpc) is 2.41. The first-order valence-electron chi connectivity index (χ1n) is 5.79. The quantitative estimate of drug-likeness (QED) is 0.937. The summed E-state index contributed by atoms with van der Waals surface area (Å²) in [7, 11) is 1.60. The standard InChI is InChI=1S/C14H14Cl2N2O/c1-19-14-7-10(15)2-3-11(14)13(17)6-9-4-5-18-8-12(9)16/h2-5,7-8,13H,6,17H2,1H3. The molecule has 0 aliphatic carbocycles. The third-order valence-electron chi connectivity index (χ3n) is 2.89. The Morgan fingerprint density at radius 2 is 2.11 bits per heavy atom. The van der Waals surface area contributed by atoms with E-state index in [2.05, 4.69) is 4.98 Å². The topological polar surface area (TPSA) is 48.1 Å². The highest BCUT2D eigenvalue weighted by Gasteiger charge is 2.14. The van der Waals surface area contributed by atoms with Crippen molar-refractivity contribution in [1.82, 2.24) is 4.98 Å². The molecule has 5 heteroatoms. The molecule has 1 atom stereocenters. The fourth-order valence-corrected chi connectivity index (χ4v) is 2.27. The van der Waals surface area contributed by atoms with Gasteiger partial charge < -0.3 is 10.5 Å². The van der Waals surface area contributed by atoms with Crippen LogP contribution in [0.1, 0.15) is 17.2 Å². The Balaban J connectivity index is 2.25. The van der Waals surface area contributed by atoms with E-state index in [-0.39, 0.29) is 6.04 Å². The summed E-state index contributed by atoms with van der Waals surface area (Å²) >= 11 is 12.0. The summed E-state index contributed by atoms with van der Waals surface area (Å²) in [5, 5.41) is 1.24. The van der Waals surface area contributed by atoms with Crippen LogP contribution in [0.3, 0.4) is 0 Å². The maximum absolute atomic E-state index is 6.22. The predicted molar refractivity (Wildman–Crippen MR) is 77.9 cm³/mol. The summed E-state index contributed by atoms with van der Waals surface area (Å²) < 4.78 is 5.31. The molecule has 19 heavy (non-hydrogen) atoms. The molecule has 0 spiro atoms. The van der Waals surface area contributed by atoms with E-state index < -0.39 is 0 Å². The van der Waals surface area contributed by atoms with Crippen molar-refractivity contribution in [3.8, 4) is 5.75 Å². The number of pyridine rings is 1. The molecule has 0 radical (unpaired) electrons. The molecule has 2 aromatic rings. The first kappa shape index (κ1) is 14.1. The van der Waals surface area contributed by atoms with E-state index in [0.717, 1.165) is 11.1 Å². The zero-order valence-corrected chi connectivity index (χ0v) is 11.9. The fraction of sp³-hybridized carbons (Fsp3) is 0.214. The number of methoxy groups -OCH3 is 1. The number of rotatable bonds is 4. The highest BCUT2D eigenvalue weighted by Crippen LogP contribution is 2.30. The Morgan fingerprint density at radius 3 is 2.79 bits per heavy atom. The van der Waals surface area contributed by atoms with Crippen molar-refractivity contribution in [2.75, 3.05) is 7.11 Å². The third-order valence-corrected chi connectivity index (χ3v) is 3.47. The number of halogens is 2. The van der Waals surface area contributed by atoms with Crippen molar-refractivity contribution < 1.29 is 4.74 Å². The van der Waals surface area contributed by atoms with Crippen LogP contribution < -0.4 is 10.5 Å². The van der Waals surface area contributed by atoms with Gasteiger partial charge in [-0.05, 0) is 30.2 Å². The maximum atomic E-state index is 6.22. The van der Waals surface area contributed by atoms with Crippen molar-refractivity contribution >= 4 is 23.2 Å². The minimum absolute atomic E-state index is 0.216. The van der Waals surface area contributed by atoms with Crippen molar-refractivity contribution in [2.24, 2.45) is 5.73 Å². The van der Waals surface area contributed by atoms with Gasteiger partial charge in [0.05, 0.1) is 12.1 Å². The van der Waals surface area contributed by atoms with E-state index in [1.54, 1.807) is 31.6 Å². The van der Waals surface area contributed by atoms with E-state index in [1.807, 2.05) is 12.1 Å². The Morgan fingerprint density at radius 1 is 1.32 bits per heavy atom. The van der Waals surface area contributed by atoms with Crippen LogP contribution in [-0.2, 0) is 6.42 Å². The second-order valence-corrected chi connectivity index (χ2v) is 5.01. The van der Waals surface area contributed by atoms with Gasteiger partial charge in [0.1, 0.15) is 5.75 Å². The molecular formula is C14H14Cl2N2O. The Hall–Kier alpha value is -1.29. The maximum Gasteiger partial charge on any atom is 0.125 e. The van der Waals surface area contributed by atoms with Gasteiger partial charge in [-0.25, -0.2) is 0 Å². The summed E-state index contributed by atoms with van der Waals surface area (Å²) in [5.41, 5.74) is 8.08. The Kier molecular flexibility index (Phi) is 4.64. The first-order valence-corrected chi connectivity index (χ1v) is 6.55. The largest absolute Gasteiger partial charge is 0.496 e. The summed E-state index contributed by atoms with van der Waals surface area (Å²) in [5.74, 6) is 0.685. The van der Waals surface area contributed by atoms with Crippen LogP contribution >= 0.6 is 23.2 Å². The monoisotopic (exact) mass is 296 g/mol. The van der Waals surface area contributed by atoms with Crippen LogP contribution in [0.4, 0.5) is 0 Å². The van der Waals surface area contributed by atoms with Crippen molar-refractivity contribution in [3.63, 3.8) is 0 Å². The lowest BCUT2D eigenvalue weighted by Crippen LogP contribution is -2.14. The van der Waals surface area contributed by atoms with Gasteiger partial charge in [0.15, 0.2) is 0 Å². The van der Waals surface area contributed by atoms with E-state index in [0.29, 0.717) is 22.2 Å². The van der Waals surface area contributed by atoms with Gasteiger partial charge in [-0.2, -0.15) is 0 Å². The molecule has 0 saturated heterocycles. The van der Waals surface area contributed by atoms with Crippen LogP contribution in [0.2, 0.25) is 10.0 Å². The highest BCUT2D eigenvalue weighted by atomic mass is 35.5.